The van der Waals surface area contributed by atoms with Gasteiger partial charge < -0.3 is 25.0 Å². The van der Waals surface area contributed by atoms with Gasteiger partial charge in [0, 0.05) is 95.0 Å². The van der Waals surface area contributed by atoms with Crippen LogP contribution in [0.2, 0.25) is 0 Å². The summed E-state index contributed by atoms with van der Waals surface area (Å²) in [6.45, 7) is 13.4. The summed E-state index contributed by atoms with van der Waals surface area (Å²) in [5.74, 6) is 2.10. The van der Waals surface area contributed by atoms with E-state index in [4.69, 9.17) is 4.74 Å². The maximum atomic E-state index is 11.8. The van der Waals surface area contributed by atoms with E-state index in [-0.39, 0.29) is 7.43 Å². The molecule has 3 aliphatic heterocycles. The van der Waals surface area contributed by atoms with E-state index in [1.165, 1.54) is 23.8 Å². The molecule has 8 heterocycles. The van der Waals surface area contributed by atoms with Gasteiger partial charge in [0.2, 0.25) is 11.0 Å². The highest BCUT2D eigenvalue weighted by Crippen LogP contribution is 2.26. The van der Waals surface area contributed by atoms with Crippen molar-refractivity contribution in [2.24, 2.45) is 0 Å². The fraction of sp³-hybridized carbons (Fsp3) is 0.486. The summed E-state index contributed by atoms with van der Waals surface area (Å²) in [7, 11) is 0. The molecule has 18 heteroatoms. The standard InChI is InChI=1S/C20H25N7O2.C16H20N8O.CH4/c28-27-20-18(13-21-15-22-20)26(23-27)6-1-5-24-7-9-25(10-8-24)14-16-2-3-19-17(12-16)4-11-29-19;25-24-16-14(12-17-13-19-16)23(20-24)7-3-6-21-8-10-22(11-9-21)15-4-1-2-5-18-15;/h2-3,12-13,15H,1,4-11,14H2;1-2,4-5,12-13H,3,6-11H2;1H4. The maximum Gasteiger partial charge on any atom is 0.327 e. The van der Waals surface area contributed by atoms with Crippen LogP contribution in [0.4, 0.5) is 5.82 Å². The van der Waals surface area contributed by atoms with Crippen LogP contribution in [0.3, 0.4) is 0 Å². The highest BCUT2D eigenvalue weighted by Gasteiger charge is 2.21. The van der Waals surface area contributed by atoms with Gasteiger partial charge in [-0.1, -0.05) is 35.6 Å². The van der Waals surface area contributed by atoms with Gasteiger partial charge >= 0.3 is 11.3 Å². The van der Waals surface area contributed by atoms with Crippen LogP contribution in [0.15, 0.2) is 67.6 Å². The van der Waals surface area contributed by atoms with E-state index in [1.54, 1.807) is 21.8 Å². The second kappa shape index (κ2) is 17.7. The van der Waals surface area contributed by atoms with E-state index in [0.717, 1.165) is 109 Å². The summed E-state index contributed by atoms with van der Waals surface area (Å²) in [6.07, 6.45) is 10.8. The monoisotopic (exact) mass is 751 g/mol. The van der Waals surface area contributed by atoms with Crippen molar-refractivity contribution in [2.45, 2.75) is 46.3 Å². The minimum absolute atomic E-state index is 0. The summed E-state index contributed by atoms with van der Waals surface area (Å²) in [5.41, 5.74) is 4.73. The minimum atomic E-state index is 0. The first kappa shape index (κ1) is 37.7. The molecule has 0 radical (unpaired) electrons. The predicted molar refractivity (Wildman–Crippen MR) is 205 cm³/mol. The lowest BCUT2D eigenvalue weighted by Crippen LogP contribution is -2.47. The Balaban J connectivity index is 0.000000168. The second-order valence-corrected chi connectivity index (χ2v) is 13.8. The number of aryl methyl sites for hydroxylation is 2. The van der Waals surface area contributed by atoms with E-state index in [2.05, 4.69) is 79.2 Å². The molecule has 0 N–H and O–H groups in total. The number of benzene rings is 1. The quantitative estimate of drug-likeness (QED) is 0.137. The molecular formula is C37H49N15O3. The van der Waals surface area contributed by atoms with E-state index in [9.17, 15) is 10.4 Å². The lowest BCUT2D eigenvalue weighted by atomic mass is 10.1. The molecule has 1 aromatic carbocycles. The van der Waals surface area contributed by atoms with Crippen molar-refractivity contribution in [1.82, 2.24) is 59.4 Å². The molecule has 18 nitrogen and oxygen atoms in total. The Morgan fingerprint density at radius 1 is 0.673 bits per heavy atom. The third-order valence-electron chi connectivity index (χ3n) is 10.3. The third-order valence-corrected chi connectivity index (χ3v) is 10.3. The molecule has 0 spiro atoms. The number of hydrogen-bond acceptors (Lipinski definition) is 14. The fourth-order valence-electron chi connectivity index (χ4n) is 7.40. The number of piperazine rings is 2. The van der Waals surface area contributed by atoms with Gasteiger partial charge in [-0.15, -0.1) is 9.69 Å². The number of hydrogen-bond donors (Lipinski definition) is 0. The van der Waals surface area contributed by atoms with Crippen molar-refractivity contribution in [1.29, 1.82) is 0 Å². The Morgan fingerprint density at radius 3 is 1.87 bits per heavy atom. The fourth-order valence-corrected chi connectivity index (χ4v) is 7.40. The summed E-state index contributed by atoms with van der Waals surface area (Å²) < 4.78 is 8.99. The largest absolute Gasteiger partial charge is 0.721 e. The highest BCUT2D eigenvalue weighted by atomic mass is 16.5. The molecule has 0 saturated carbocycles. The molecule has 290 valence electrons. The average molecular weight is 752 g/mol. The van der Waals surface area contributed by atoms with Crippen LogP contribution >= 0.6 is 0 Å². The first-order valence-corrected chi connectivity index (χ1v) is 18.7. The van der Waals surface area contributed by atoms with Crippen molar-refractivity contribution in [3.8, 4) is 5.75 Å². The van der Waals surface area contributed by atoms with E-state index in [1.807, 2.05) is 18.3 Å². The van der Waals surface area contributed by atoms with Crippen LogP contribution in [0.1, 0.15) is 31.4 Å². The lowest BCUT2D eigenvalue weighted by molar-refractivity contribution is -0.648. The summed E-state index contributed by atoms with van der Waals surface area (Å²) >= 11 is 0. The number of ether oxygens (including phenoxy) is 1. The number of nitrogens with zero attached hydrogens (tertiary/aromatic N) is 15. The molecule has 9 rings (SSSR count). The number of pyridine rings is 1. The van der Waals surface area contributed by atoms with Crippen molar-refractivity contribution >= 4 is 28.1 Å². The van der Waals surface area contributed by atoms with Gasteiger partial charge in [0.25, 0.3) is 0 Å². The Hall–Kier alpha value is -5.59. The Morgan fingerprint density at radius 2 is 1.27 bits per heavy atom. The smallest absolute Gasteiger partial charge is 0.327 e. The normalized spacial score (nSPS) is 16.4. The zero-order valence-corrected chi connectivity index (χ0v) is 30.3. The first-order chi connectivity index (χ1) is 26.6. The zero-order chi connectivity index (χ0) is 36.7. The van der Waals surface area contributed by atoms with Crippen molar-refractivity contribution in [2.75, 3.05) is 77.0 Å². The lowest BCUT2D eigenvalue weighted by Gasteiger charge is -2.35. The summed E-state index contributed by atoms with van der Waals surface area (Å²) in [6, 6.07) is 12.6. The molecule has 2 saturated heterocycles. The molecule has 0 unspecified atom stereocenters. The van der Waals surface area contributed by atoms with E-state index < -0.39 is 0 Å². The van der Waals surface area contributed by atoms with Crippen LogP contribution in [0.25, 0.3) is 22.3 Å². The molecular weight excluding hydrogens is 703 g/mol. The second-order valence-electron chi connectivity index (χ2n) is 13.8. The number of anilines is 1. The van der Waals surface area contributed by atoms with Gasteiger partial charge in [-0.3, -0.25) is 9.80 Å². The molecule has 3 aliphatic rings. The Labute approximate surface area is 319 Å². The number of aromatic nitrogens is 11. The Bertz CT molecular complexity index is 2130. The van der Waals surface area contributed by atoms with Crippen LogP contribution in [0.5, 0.6) is 5.75 Å². The zero-order valence-electron chi connectivity index (χ0n) is 30.3. The molecule has 0 amide bonds. The molecule has 55 heavy (non-hydrogen) atoms. The van der Waals surface area contributed by atoms with Gasteiger partial charge in [-0.2, -0.15) is 9.36 Å². The molecule has 0 aliphatic carbocycles. The van der Waals surface area contributed by atoms with Crippen molar-refractivity contribution in [3.63, 3.8) is 0 Å². The van der Waals surface area contributed by atoms with Crippen LogP contribution in [-0.2, 0) is 26.1 Å². The molecule has 0 bridgehead atoms. The SMILES string of the molecule is C.[O-][n+]1nn(CCCN2CCN(Cc3ccc4c(c3)CCO4)CC2)c2cncnc21.[O-][n+]1nn(CCCN2CCN(c3ccccn3)CC2)c2cncnc21. The van der Waals surface area contributed by atoms with E-state index in [0.29, 0.717) is 45.1 Å². The van der Waals surface area contributed by atoms with Crippen LogP contribution in [0, 0.1) is 10.4 Å². The predicted octanol–water partition coefficient (Wildman–Crippen LogP) is 1.31. The van der Waals surface area contributed by atoms with Gasteiger partial charge in [0.05, 0.1) is 32.1 Å². The maximum absolute atomic E-state index is 11.8. The number of fused-ring (bicyclic) bond motifs is 3. The van der Waals surface area contributed by atoms with Gasteiger partial charge in [0.1, 0.15) is 11.6 Å². The Kier molecular flexibility index (Phi) is 12.1. The third kappa shape index (κ3) is 9.04. The van der Waals surface area contributed by atoms with E-state index >= 15 is 0 Å². The van der Waals surface area contributed by atoms with Crippen LogP contribution in [-0.4, -0.2) is 131 Å². The van der Waals surface area contributed by atoms with Crippen molar-refractivity contribution in [3.05, 3.63) is 89.2 Å². The topological polar surface area (TPSA) is 176 Å². The molecule has 5 aromatic heterocycles. The molecule has 2 fully saturated rings. The minimum Gasteiger partial charge on any atom is -0.721 e. The first-order valence-electron chi connectivity index (χ1n) is 18.7. The summed E-state index contributed by atoms with van der Waals surface area (Å²) in [4.78, 5) is 31.2. The molecule has 6 aromatic rings. The van der Waals surface area contributed by atoms with Gasteiger partial charge in [-0.05, 0) is 42.2 Å². The highest BCUT2D eigenvalue weighted by molar-refractivity contribution is 5.65. The number of rotatable bonds is 11. The van der Waals surface area contributed by atoms with Gasteiger partial charge in [0.15, 0.2) is 12.7 Å². The van der Waals surface area contributed by atoms with Gasteiger partial charge in [-0.25, -0.2) is 15.0 Å². The van der Waals surface area contributed by atoms with Crippen LogP contribution < -0.4 is 19.3 Å². The average Bonchev–Trinajstić information content (AvgIpc) is 3.91. The molecule has 0 atom stereocenters. The van der Waals surface area contributed by atoms with Crippen molar-refractivity contribution < 1.29 is 14.4 Å². The summed E-state index contributed by atoms with van der Waals surface area (Å²) in [5, 5.41) is 31.5.